The Morgan fingerprint density at radius 2 is 0.659 bits per heavy atom. The fourth-order valence-corrected chi connectivity index (χ4v) is 20.2. The second kappa shape index (κ2) is 80.4. The van der Waals surface area contributed by atoms with Crippen LogP contribution in [-0.2, 0) is 76.0 Å². The molecule has 8 N–H and O–H groups in total. The van der Waals surface area contributed by atoms with E-state index in [1.54, 1.807) is 0 Å². The minimum Gasteiger partial charge on any atom is -0.606 e. The number of hydrogen-bond acceptors (Lipinski definition) is 23. The average molecular weight is 1980 g/mol. The SMILES string of the molecule is CCCCCCCCCCCCCCCC(=O)OC(CC(=O)NC1(C)C(O)OC(COC2OC(CO)C(O[P+]([O-])(O)O)C(OC(=O)CC(OC(=O)C(C)CCCCCCCCCCC)C(C)CCCCCCCCC)C2(C)NC(=O)CC(OC(=O)C(C)CCCCCCCCC)C(C)CCCCCCCCC)C(O)C1OC(=O)CC(O)C(C)CCCCCCCCC)C(C)CCCCCCCCC. The first-order valence-corrected chi connectivity index (χ1v) is 58.7. The van der Waals surface area contributed by atoms with Crippen LogP contribution >= 0.6 is 8.17 Å². The fourth-order valence-electron chi connectivity index (χ4n) is 19.7. The molecule has 2 aliphatic rings. The van der Waals surface area contributed by atoms with Crippen LogP contribution in [0.25, 0.3) is 0 Å². The van der Waals surface area contributed by atoms with Crippen molar-refractivity contribution >= 4 is 49.8 Å². The lowest BCUT2D eigenvalue weighted by Crippen LogP contribution is -2.75. The van der Waals surface area contributed by atoms with Gasteiger partial charge in [-0.15, -0.1) is 0 Å². The predicted molar refractivity (Wildman–Crippen MR) is 552 cm³/mol. The maximum Gasteiger partial charge on any atom is 0.374 e. The van der Waals surface area contributed by atoms with Crippen LogP contribution in [-0.4, -0.2) is 170 Å². The largest absolute Gasteiger partial charge is 0.606 e. The molecule has 2 fully saturated rings. The third-order valence-corrected chi connectivity index (χ3v) is 30.1. The van der Waals surface area contributed by atoms with Gasteiger partial charge in [0.05, 0.1) is 56.8 Å². The molecule has 0 aromatic heterocycles. The summed E-state index contributed by atoms with van der Waals surface area (Å²) in [5.74, 6) is -7.68. The molecule has 0 radical (unpaired) electrons. The first-order valence-electron chi connectivity index (χ1n) is 57.2. The zero-order chi connectivity index (χ0) is 102. The molecule has 20 atom stereocenters. The highest BCUT2D eigenvalue weighted by Crippen LogP contribution is 2.48. The number of phosphoric ester groups is 1. The maximum absolute atomic E-state index is 15.8. The number of nitrogens with one attached hydrogen (secondary N) is 2. The highest BCUT2D eigenvalue weighted by atomic mass is 31.2. The van der Waals surface area contributed by atoms with E-state index >= 15 is 14.4 Å². The van der Waals surface area contributed by atoms with Gasteiger partial charge in [0.25, 0.3) is 0 Å². The molecule has 2 amide bonds. The van der Waals surface area contributed by atoms with Crippen LogP contribution in [0, 0.1) is 35.5 Å². The number of unbranched alkanes of at least 4 members (excludes halogenated alkanes) is 50. The molecule has 0 aromatic rings. The molecule has 0 saturated carbocycles. The summed E-state index contributed by atoms with van der Waals surface area (Å²) < 4.78 is 57.2. The monoisotopic (exact) mass is 1980 g/mol. The van der Waals surface area contributed by atoms with Crippen LogP contribution in [0.5, 0.6) is 0 Å². The van der Waals surface area contributed by atoms with E-state index in [0.29, 0.717) is 44.9 Å². The standard InChI is InChI=1S/C112H211N2O23P/c1-16-23-30-37-44-46-47-48-49-51-58-65-72-79-100(119)130-93(87(9)74-67-60-53-40-33-26-19-4)81-98(117)113-111(14)105(135-101(120)80-92(116)86(8)73-66-59-52-39-32-25-18-3)103(122)97(133-109(111)125)85-129-110-112(15,114-99(118)82-94(88(10)75-68-61-54-41-34-27-20-5)131-107(123)90(12)77-70-63-56-43-36-29-22-7)106(104(96(84-115)134-110)137-138(126,127)128)136-102(121)83-95(89(11)76-69-62-55-42-35-28-21-6)132-108(124)91(13)78-71-64-57-50-45-38-31-24-17-2/h86-97,103-106,109-110,115-116,122,125H,16-85H2,1-15H3,(H,113,117)(H,114,118)(H2,126,127,128). The van der Waals surface area contributed by atoms with Crippen molar-refractivity contribution in [2.24, 2.45) is 35.5 Å². The summed E-state index contributed by atoms with van der Waals surface area (Å²) >= 11 is 0. The number of aliphatic hydroxyl groups is 4. The summed E-state index contributed by atoms with van der Waals surface area (Å²) in [6.45, 7) is 27.2. The molecule has 0 spiro atoms. The van der Waals surface area contributed by atoms with Gasteiger partial charge in [0, 0.05) is 6.42 Å². The van der Waals surface area contributed by atoms with Crippen LogP contribution in [0.2, 0.25) is 0 Å². The third-order valence-electron chi connectivity index (χ3n) is 29.5. The lowest BCUT2D eigenvalue weighted by molar-refractivity contribution is -0.327. The van der Waals surface area contributed by atoms with Gasteiger partial charge >= 0.3 is 38.0 Å². The Bertz CT molecular complexity index is 3040. The van der Waals surface area contributed by atoms with E-state index in [0.717, 1.165) is 283 Å². The highest BCUT2D eigenvalue weighted by molar-refractivity contribution is 7.51. The quantitative estimate of drug-likeness (QED) is 0.0121. The molecule has 2 saturated heterocycles. The zero-order valence-corrected chi connectivity index (χ0v) is 91.4. The van der Waals surface area contributed by atoms with E-state index in [1.165, 1.54) is 90.9 Å². The molecule has 812 valence electrons. The van der Waals surface area contributed by atoms with Crippen LogP contribution in [0.3, 0.4) is 0 Å². The van der Waals surface area contributed by atoms with Gasteiger partial charge in [-0.05, 0) is 82.5 Å². The first-order chi connectivity index (χ1) is 66.2. The molecule has 26 heteroatoms. The van der Waals surface area contributed by atoms with Crippen LogP contribution < -0.4 is 15.5 Å². The van der Waals surface area contributed by atoms with E-state index in [1.807, 2.05) is 41.5 Å². The Morgan fingerprint density at radius 1 is 0.362 bits per heavy atom. The molecule has 25 nitrogen and oxygen atoms in total. The average Bonchev–Trinajstić information content (AvgIpc) is 0.746. The molecule has 2 heterocycles. The van der Waals surface area contributed by atoms with E-state index < -0.39 is 197 Å². The van der Waals surface area contributed by atoms with Gasteiger partial charge in [-0.2, -0.15) is 14.3 Å². The molecule has 2 rings (SSSR count). The van der Waals surface area contributed by atoms with Crippen molar-refractivity contribution in [2.75, 3.05) is 13.2 Å². The van der Waals surface area contributed by atoms with Crippen molar-refractivity contribution in [2.45, 2.75) is 625 Å². The lowest BCUT2D eigenvalue weighted by Gasteiger charge is -2.52. The molecule has 0 aromatic carbocycles. The summed E-state index contributed by atoms with van der Waals surface area (Å²) in [6, 6.07) is 0. The normalized spacial score (nSPS) is 21.8. The van der Waals surface area contributed by atoms with E-state index in [9.17, 15) is 54.3 Å². The lowest BCUT2D eigenvalue weighted by atomic mass is 9.83. The first kappa shape index (κ1) is 130. The van der Waals surface area contributed by atoms with Crippen molar-refractivity contribution in [3.8, 4) is 0 Å². The van der Waals surface area contributed by atoms with Crippen LogP contribution in [0.15, 0.2) is 0 Å². The number of rotatable bonds is 91. The highest BCUT2D eigenvalue weighted by Gasteiger charge is 2.62. The van der Waals surface area contributed by atoms with Crippen molar-refractivity contribution in [1.82, 2.24) is 10.6 Å². The van der Waals surface area contributed by atoms with E-state index in [-0.39, 0.29) is 18.3 Å². The van der Waals surface area contributed by atoms with Crippen molar-refractivity contribution in [3.63, 3.8) is 0 Å². The molecule has 2 aliphatic heterocycles. The topological polar surface area (TPSA) is 371 Å². The van der Waals surface area contributed by atoms with Crippen LogP contribution in [0.4, 0.5) is 0 Å². The van der Waals surface area contributed by atoms with Gasteiger partial charge in [-0.3, -0.25) is 33.6 Å². The number of amides is 2. The molecular formula is C112H211N2O23P. The Labute approximate surface area is 840 Å². The number of carbonyl (C=O) groups is 7. The van der Waals surface area contributed by atoms with Crippen molar-refractivity contribution in [1.29, 1.82) is 0 Å². The Kier molecular flexibility index (Phi) is 76.0. The Hall–Kier alpha value is -3.72. The molecule has 0 bridgehead atoms. The summed E-state index contributed by atoms with van der Waals surface area (Å²) in [7, 11) is -5.71. The minimum absolute atomic E-state index is 0.152. The van der Waals surface area contributed by atoms with Gasteiger partial charge in [0.15, 0.2) is 30.9 Å². The predicted octanol–water partition coefficient (Wildman–Crippen LogP) is 25.4. The van der Waals surface area contributed by atoms with Crippen LogP contribution in [0.1, 0.15) is 540 Å². The summed E-state index contributed by atoms with van der Waals surface area (Å²) in [5.41, 5.74) is -4.61. The maximum atomic E-state index is 15.8. The zero-order valence-electron chi connectivity index (χ0n) is 90.5. The Balaban J connectivity index is 3.01. The third kappa shape index (κ3) is 58.6. The van der Waals surface area contributed by atoms with Gasteiger partial charge in [0.2, 0.25) is 11.8 Å². The number of ether oxygens (including phenoxy) is 8. The smallest absolute Gasteiger partial charge is 0.374 e. The van der Waals surface area contributed by atoms with Gasteiger partial charge in [-0.1, -0.05) is 450 Å². The molecule has 138 heavy (non-hydrogen) atoms. The van der Waals surface area contributed by atoms with Gasteiger partial charge < -0.3 is 73.8 Å². The molecule has 20 unspecified atom stereocenters. The number of carbonyl (C=O) groups excluding carboxylic acids is 7. The molecular weight excluding hydrogens is 1770 g/mol. The number of hydrogen-bond donors (Lipinski definition) is 8. The summed E-state index contributed by atoms with van der Waals surface area (Å²) in [4.78, 5) is 139. The van der Waals surface area contributed by atoms with Gasteiger partial charge in [0.1, 0.15) is 47.7 Å². The second-order valence-electron chi connectivity index (χ2n) is 42.8. The number of phosphoric acid groups is 1. The van der Waals surface area contributed by atoms with Gasteiger partial charge in [-0.25, -0.2) is 0 Å². The van der Waals surface area contributed by atoms with E-state index in [4.69, 9.17) is 42.4 Å². The Morgan fingerprint density at radius 3 is 1.01 bits per heavy atom. The van der Waals surface area contributed by atoms with Crippen molar-refractivity contribution in [3.05, 3.63) is 0 Å². The number of esters is 5. The molecule has 0 aliphatic carbocycles. The van der Waals surface area contributed by atoms with Crippen molar-refractivity contribution < 1.29 is 111 Å². The summed E-state index contributed by atoms with van der Waals surface area (Å²) in [6.07, 6.45) is 41.7. The summed E-state index contributed by atoms with van der Waals surface area (Å²) in [5, 5.41) is 54.9. The minimum atomic E-state index is -5.71. The fraction of sp³-hybridized carbons (Fsp3) is 0.938. The second-order valence-corrected chi connectivity index (χ2v) is 44.0. The number of aliphatic hydroxyl groups excluding tert-OH is 4. The van der Waals surface area contributed by atoms with E-state index in [2.05, 4.69) is 59.1 Å².